The van der Waals surface area contributed by atoms with Gasteiger partial charge in [0, 0.05) is 17.2 Å². The van der Waals surface area contributed by atoms with Crippen LogP contribution in [0.1, 0.15) is 48.2 Å². The predicted octanol–water partition coefficient (Wildman–Crippen LogP) is 5.58. The largest absolute Gasteiger partial charge is 0.325 e. The van der Waals surface area contributed by atoms with Gasteiger partial charge in [-0.05, 0) is 68.1 Å². The lowest BCUT2D eigenvalue weighted by Gasteiger charge is -2.15. The molecule has 0 saturated carbocycles. The summed E-state index contributed by atoms with van der Waals surface area (Å²) in [6.07, 6.45) is 1.51. The SMILES string of the molecule is CCC(CC)C(=O)Nc1cc(C(=O)Nc2cc(C)cc(C)c2)ccc1Cl. The van der Waals surface area contributed by atoms with E-state index in [0.29, 0.717) is 16.3 Å². The topological polar surface area (TPSA) is 58.2 Å². The molecule has 0 aromatic heterocycles. The molecule has 5 heteroatoms. The molecule has 0 saturated heterocycles. The quantitative estimate of drug-likeness (QED) is 0.694. The Hall–Kier alpha value is -2.33. The average molecular weight is 373 g/mol. The van der Waals surface area contributed by atoms with E-state index in [2.05, 4.69) is 10.6 Å². The average Bonchev–Trinajstić information content (AvgIpc) is 2.57. The number of anilines is 2. The predicted molar refractivity (Wildman–Crippen MR) is 108 cm³/mol. The van der Waals surface area contributed by atoms with Crippen LogP contribution in [0, 0.1) is 19.8 Å². The van der Waals surface area contributed by atoms with E-state index in [-0.39, 0.29) is 17.7 Å². The van der Waals surface area contributed by atoms with Gasteiger partial charge in [-0.1, -0.05) is 31.5 Å². The fourth-order valence-corrected chi connectivity index (χ4v) is 3.07. The highest BCUT2D eigenvalue weighted by molar-refractivity contribution is 6.34. The van der Waals surface area contributed by atoms with Crippen molar-refractivity contribution in [1.82, 2.24) is 0 Å². The van der Waals surface area contributed by atoms with Gasteiger partial charge in [-0.3, -0.25) is 9.59 Å². The molecule has 2 aromatic carbocycles. The minimum atomic E-state index is -0.246. The summed E-state index contributed by atoms with van der Waals surface area (Å²) in [4.78, 5) is 24.9. The van der Waals surface area contributed by atoms with Crippen molar-refractivity contribution in [2.24, 2.45) is 5.92 Å². The van der Waals surface area contributed by atoms with E-state index < -0.39 is 0 Å². The number of halogens is 1. The number of rotatable bonds is 6. The molecule has 0 unspecified atom stereocenters. The molecule has 2 amide bonds. The molecule has 0 fully saturated rings. The summed E-state index contributed by atoms with van der Waals surface area (Å²) >= 11 is 6.19. The molecule has 138 valence electrons. The highest BCUT2D eigenvalue weighted by Gasteiger charge is 2.17. The Morgan fingerprint density at radius 3 is 2.15 bits per heavy atom. The third-order valence-electron chi connectivity index (χ3n) is 4.32. The zero-order valence-corrected chi connectivity index (χ0v) is 16.4. The fourth-order valence-electron chi connectivity index (χ4n) is 2.91. The van der Waals surface area contributed by atoms with Gasteiger partial charge in [0.25, 0.3) is 5.91 Å². The van der Waals surface area contributed by atoms with Crippen molar-refractivity contribution in [3.05, 3.63) is 58.1 Å². The first-order chi connectivity index (χ1) is 12.3. The Balaban J connectivity index is 2.19. The van der Waals surface area contributed by atoms with E-state index in [1.54, 1.807) is 18.2 Å². The minimum Gasteiger partial charge on any atom is -0.325 e. The molecule has 2 aromatic rings. The summed E-state index contributed by atoms with van der Waals surface area (Å²) < 4.78 is 0. The van der Waals surface area contributed by atoms with Crippen LogP contribution in [0.3, 0.4) is 0 Å². The number of amides is 2. The zero-order valence-electron chi connectivity index (χ0n) is 15.7. The van der Waals surface area contributed by atoms with E-state index in [4.69, 9.17) is 11.6 Å². The van der Waals surface area contributed by atoms with Gasteiger partial charge in [0.1, 0.15) is 0 Å². The van der Waals surface area contributed by atoms with Crippen LogP contribution in [0.5, 0.6) is 0 Å². The van der Waals surface area contributed by atoms with Gasteiger partial charge in [-0.2, -0.15) is 0 Å². The number of carbonyl (C=O) groups excluding carboxylic acids is 2. The highest BCUT2D eigenvalue weighted by atomic mass is 35.5. The van der Waals surface area contributed by atoms with Gasteiger partial charge >= 0.3 is 0 Å². The third kappa shape index (κ3) is 5.09. The van der Waals surface area contributed by atoms with Crippen molar-refractivity contribution in [3.8, 4) is 0 Å². The number of hydrogen-bond donors (Lipinski definition) is 2. The summed E-state index contributed by atoms with van der Waals surface area (Å²) in [5.74, 6) is -0.396. The number of benzene rings is 2. The van der Waals surface area contributed by atoms with Crippen molar-refractivity contribution >= 4 is 34.8 Å². The van der Waals surface area contributed by atoms with Crippen LogP contribution in [0.4, 0.5) is 11.4 Å². The van der Waals surface area contributed by atoms with Crippen LogP contribution in [-0.2, 0) is 4.79 Å². The van der Waals surface area contributed by atoms with Crippen molar-refractivity contribution in [2.45, 2.75) is 40.5 Å². The van der Waals surface area contributed by atoms with E-state index in [0.717, 1.165) is 29.7 Å². The van der Waals surface area contributed by atoms with Crippen LogP contribution >= 0.6 is 11.6 Å². The van der Waals surface area contributed by atoms with E-state index in [1.165, 1.54) is 0 Å². The minimum absolute atomic E-state index is 0.0705. The second-order valence-corrected chi connectivity index (χ2v) is 6.94. The third-order valence-corrected chi connectivity index (χ3v) is 4.65. The lowest BCUT2D eigenvalue weighted by atomic mass is 10.0. The molecule has 0 heterocycles. The Morgan fingerprint density at radius 2 is 1.58 bits per heavy atom. The Labute approximate surface area is 159 Å². The number of carbonyl (C=O) groups is 2. The lowest BCUT2D eigenvalue weighted by molar-refractivity contribution is -0.120. The van der Waals surface area contributed by atoms with E-state index >= 15 is 0 Å². The second-order valence-electron chi connectivity index (χ2n) is 6.53. The van der Waals surface area contributed by atoms with Crippen LogP contribution < -0.4 is 10.6 Å². The van der Waals surface area contributed by atoms with Crippen LogP contribution in [-0.4, -0.2) is 11.8 Å². The number of hydrogen-bond acceptors (Lipinski definition) is 2. The van der Waals surface area contributed by atoms with Gasteiger partial charge < -0.3 is 10.6 Å². The molecule has 0 bridgehead atoms. The maximum Gasteiger partial charge on any atom is 0.255 e. The number of aryl methyl sites for hydroxylation is 2. The Kier molecular flexibility index (Phi) is 6.81. The number of nitrogens with one attached hydrogen (secondary N) is 2. The molecule has 0 atom stereocenters. The molecule has 2 rings (SSSR count). The van der Waals surface area contributed by atoms with E-state index in [1.807, 2.05) is 45.9 Å². The van der Waals surface area contributed by atoms with Crippen molar-refractivity contribution in [3.63, 3.8) is 0 Å². The fraction of sp³-hybridized carbons (Fsp3) is 0.333. The van der Waals surface area contributed by atoms with Crippen LogP contribution in [0.15, 0.2) is 36.4 Å². The molecule has 2 N–H and O–H groups in total. The zero-order chi connectivity index (χ0) is 19.3. The monoisotopic (exact) mass is 372 g/mol. The van der Waals surface area contributed by atoms with Gasteiger partial charge in [0.05, 0.1) is 10.7 Å². The molecule has 0 radical (unpaired) electrons. The van der Waals surface area contributed by atoms with Crippen molar-refractivity contribution < 1.29 is 9.59 Å². The molecule has 4 nitrogen and oxygen atoms in total. The first-order valence-corrected chi connectivity index (χ1v) is 9.21. The van der Waals surface area contributed by atoms with Gasteiger partial charge in [-0.15, -0.1) is 0 Å². The Morgan fingerprint density at radius 1 is 0.962 bits per heavy atom. The lowest BCUT2D eigenvalue weighted by Crippen LogP contribution is -2.22. The first-order valence-electron chi connectivity index (χ1n) is 8.84. The normalized spacial score (nSPS) is 10.7. The van der Waals surface area contributed by atoms with Crippen LogP contribution in [0.2, 0.25) is 5.02 Å². The highest BCUT2D eigenvalue weighted by Crippen LogP contribution is 2.25. The van der Waals surface area contributed by atoms with Gasteiger partial charge in [-0.25, -0.2) is 0 Å². The van der Waals surface area contributed by atoms with Gasteiger partial charge in [0.15, 0.2) is 0 Å². The molecular weight excluding hydrogens is 348 g/mol. The van der Waals surface area contributed by atoms with Crippen molar-refractivity contribution in [2.75, 3.05) is 10.6 Å². The molecule has 26 heavy (non-hydrogen) atoms. The van der Waals surface area contributed by atoms with E-state index in [9.17, 15) is 9.59 Å². The maximum absolute atomic E-state index is 12.6. The summed E-state index contributed by atoms with van der Waals surface area (Å²) in [7, 11) is 0. The summed E-state index contributed by atoms with van der Waals surface area (Å²) in [5.41, 5.74) is 3.79. The summed E-state index contributed by atoms with van der Waals surface area (Å²) in [6.45, 7) is 7.92. The van der Waals surface area contributed by atoms with Crippen LogP contribution in [0.25, 0.3) is 0 Å². The standard InChI is InChI=1S/C21H25ClN2O2/c1-5-15(6-2)20(25)24-19-12-16(7-8-18(19)22)21(26)23-17-10-13(3)9-14(4)11-17/h7-12,15H,5-6H2,1-4H3,(H,23,26)(H,24,25). The van der Waals surface area contributed by atoms with Crippen molar-refractivity contribution in [1.29, 1.82) is 0 Å². The molecule has 0 spiro atoms. The molecule has 0 aliphatic heterocycles. The maximum atomic E-state index is 12.6. The second kappa shape index (κ2) is 8.86. The molecule has 0 aliphatic rings. The first kappa shape index (κ1) is 20.0. The van der Waals surface area contributed by atoms with Gasteiger partial charge in [0.2, 0.25) is 5.91 Å². The summed E-state index contributed by atoms with van der Waals surface area (Å²) in [6, 6.07) is 10.8. The summed E-state index contributed by atoms with van der Waals surface area (Å²) in [5, 5.41) is 6.14. The molecular formula is C21H25ClN2O2. The smallest absolute Gasteiger partial charge is 0.255 e. The Bertz CT molecular complexity index is 793. The molecule has 0 aliphatic carbocycles.